The summed E-state index contributed by atoms with van der Waals surface area (Å²) in [5, 5.41) is 14.0. The molecule has 0 saturated heterocycles. The molecule has 0 aromatic heterocycles. The van der Waals surface area contributed by atoms with Crippen molar-refractivity contribution in [1.82, 2.24) is 5.32 Å². The molecule has 0 radical (unpaired) electrons. The molecule has 0 saturated carbocycles. The second-order valence-electron chi connectivity index (χ2n) is 5.40. The fraction of sp³-hybridized carbons (Fsp3) is 0.538. The Kier molecular flexibility index (Phi) is 4.23. The van der Waals surface area contributed by atoms with Crippen LogP contribution in [0.5, 0.6) is 0 Å². The Morgan fingerprint density at radius 1 is 1.41 bits per heavy atom. The molecule has 0 fully saturated rings. The Labute approximate surface area is 102 Å². The van der Waals surface area contributed by atoms with Crippen molar-refractivity contribution < 1.29 is 4.92 Å². The molecule has 0 aliphatic heterocycles. The summed E-state index contributed by atoms with van der Waals surface area (Å²) in [5.74, 6) is 0. The van der Waals surface area contributed by atoms with Gasteiger partial charge in [0.05, 0.1) is 4.92 Å². The van der Waals surface area contributed by atoms with Crippen molar-refractivity contribution in [2.75, 3.05) is 0 Å². The Balaban J connectivity index is 2.64. The van der Waals surface area contributed by atoms with E-state index in [9.17, 15) is 10.1 Å². The fourth-order valence-electron chi connectivity index (χ4n) is 1.36. The van der Waals surface area contributed by atoms with Gasteiger partial charge in [0.25, 0.3) is 5.69 Å². The summed E-state index contributed by atoms with van der Waals surface area (Å²) < 4.78 is 0. The summed E-state index contributed by atoms with van der Waals surface area (Å²) >= 11 is 0. The van der Waals surface area contributed by atoms with Crippen LogP contribution in [0.1, 0.15) is 33.3 Å². The third kappa shape index (κ3) is 4.15. The first-order valence-corrected chi connectivity index (χ1v) is 5.77. The minimum Gasteiger partial charge on any atom is -0.310 e. The minimum absolute atomic E-state index is 0.146. The van der Waals surface area contributed by atoms with Crippen LogP contribution in [0.4, 0.5) is 5.69 Å². The highest BCUT2D eigenvalue weighted by atomic mass is 16.6. The molecule has 0 spiro atoms. The van der Waals surface area contributed by atoms with E-state index in [2.05, 4.69) is 33.0 Å². The van der Waals surface area contributed by atoms with Gasteiger partial charge in [-0.2, -0.15) is 0 Å². The predicted octanol–water partition coefficient (Wildman–Crippen LogP) is 3.12. The van der Waals surface area contributed by atoms with Crippen LogP contribution in [0, 0.1) is 15.5 Å². The van der Waals surface area contributed by atoms with Gasteiger partial charge in [0.15, 0.2) is 0 Å². The van der Waals surface area contributed by atoms with E-state index in [1.807, 2.05) is 6.07 Å². The molecule has 4 nitrogen and oxygen atoms in total. The number of benzene rings is 1. The molecule has 1 aromatic rings. The normalized spacial score (nSPS) is 13.4. The molecule has 0 heterocycles. The molecule has 1 atom stereocenters. The average molecular weight is 236 g/mol. The number of nitro groups is 1. The monoisotopic (exact) mass is 236 g/mol. The highest BCUT2D eigenvalue weighted by Crippen LogP contribution is 2.19. The number of nitro benzene ring substituents is 1. The highest BCUT2D eigenvalue weighted by Gasteiger charge is 2.19. The van der Waals surface area contributed by atoms with Crippen LogP contribution in [0.15, 0.2) is 24.3 Å². The van der Waals surface area contributed by atoms with Gasteiger partial charge in [0, 0.05) is 24.7 Å². The number of hydrogen-bond acceptors (Lipinski definition) is 3. The van der Waals surface area contributed by atoms with Gasteiger partial charge >= 0.3 is 0 Å². The van der Waals surface area contributed by atoms with E-state index in [4.69, 9.17) is 0 Å². The zero-order valence-electron chi connectivity index (χ0n) is 10.9. The topological polar surface area (TPSA) is 55.2 Å². The van der Waals surface area contributed by atoms with Gasteiger partial charge < -0.3 is 5.32 Å². The molecular weight excluding hydrogens is 216 g/mol. The molecule has 1 aromatic carbocycles. The summed E-state index contributed by atoms with van der Waals surface area (Å²) in [6.45, 7) is 9.27. The third-order valence-corrected chi connectivity index (χ3v) is 3.03. The van der Waals surface area contributed by atoms with Gasteiger partial charge in [-0.1, -0.05) is 32.9 Å². The first kappa shape index (κ1) is 13.6. The van der Waals surface area contributed by atoms with E-state index >= 15 is 0 Å². The van der Waals surface area contributed by atoms with Crippen molar-refractivity contribution in [3.05, 3.63) is 39.9 Å². The number of hydrogen-bond donors (Lipinski definition) is 1. The Hall–Kier alpha value is -1.42. The van der Waals surface area contributed by atoms with Gasteiger partial charge in [-0.15, -0.1) is 0 Å². The maximum Gasteiger partial charge on any atom is 0.269 e. The zero-order valence-corrected chi connectivity index (χ0v) is 10.9. The average Bonchev–Trinajstić information content (AvgIpc) is 2.25. The molecule has 1 rings (SSSR count). The molecule has 0 bridgehead atoms. The van der Waals surface area contributed by atoms with E-state index in [-0.39, 0.29) is 16.0 Å². The number of rotatable bonds is 4. The SMILES string of the molecule is CC(NCc1cccc([N+](=O)[O-])c1)C(C)(C)C. The molecule has 1 N–H and O–H groups in total. The van der Waals surface area contributed by atoms with Crippen molar-refractivity contribution in [3.63, 3.8) is 0 Å². The second-order valence-corrected chi connectivity index (χ2v) is 5.40. The quantitative estimate of drug-likeness (QED) is 0.645. The first-order chi connectivity index (χ1) is 7.80. The lowest BCUT2D eigenvalue weighted by molar-refractivity contribution is -0.384. The van der Waals surface area contributed by atoms with Crippen LogP contribution in [0.25, 0.3) is 0 Å². The lowest BCUT2D eigenvalue weighted by atomic mass is 9.88. The summed E-state index contributed by atoms with van der Waals surface area (Å²) in [6.07, 6.45) is 0. The van der Waals surface area contributed by atoms with Crippen LogP contribution in [0.2, 0.25) is 0 Å². The van der Waals surface area contributed by atoms with Crippen molar-refractivity contribution >= 4 is 5.69 Å². The maximum absolute atomic E-state index is 10.6. The molecule has 0 aliphatic carbocycles. The van der Waals surface area contributed by atoms with Crippen LogP contribution >= 0.6 is 0 Å². The van der Waals surface area contributed by atoms with E-state index in [1.165, 1.54) is 6.07 Å². The predicted molar refractivity (Wildman–Crippen MR) is 68.9 cm³/mol. The van der Waals surface area contributed by atoms with Gasteiger partial charge in [-0.25, -0.2) is 0 Å². The lowest BCUT2D eigenvalue weighted by Gasteiger charge is -2.28. The van der Waals surface area contributed by atoms with Crippen LogP contribution in [0.3, 0.4) is 0 Å². The molecular formula is C13H20N2O2. The molecule has 94 valence electrons. The summed E-state index contributed by atoms with van der Waals surface area (Å²) in [5.41, 5.74) is 1.27. The summed E-state index contributed by atoms with van der Waals surface area (Å²) in [7, 11) is 0. The van der Waals surface area contributed by atoms with Crippen molar-refractivity contribution in [2.45, 2.75) is 40.3 Å². The number of nitrogens with one attached hydrogen (secondary N) is 1. The Bertz CT molecular complexity index is 397. The number of non-ortho nitro benzene ring substituents is 1. The van der Waals surface area contributed by atoms with Gasteiger partial charge in [-0.05, 0) is 17.9 Å². The summed E-state index contributed by atoms with van der Waals surface area (Å²) in [6, 6.07) is 7.09. The summed E-state index contributed by atoms with van der Waals surface area (Å²) in [4.78, 5) is 10.3. The standard InChI is InChI=1S/C13H20N2O2/c1-10(13(2,3)4)14-9-11-6-5-7-12(8-11)15(16)17/h5-8,10,14H,9H2,1-4H3. The lowest BCUT2D eigenvalue weighted by Crippen LogP contribution is -2.37. The Morgan fingerprint density at radius 3 is 2.59 bits per heavy atom. The van der Waals surface area contributed by atoms with Crippen molar-refractivity contribution in [1.29, 1.82) is 0 Å². The molecule has 4 heteroatoms. The van der Waals surface area contributed by atoms with E-state index in [0.29, 0.717) is 12.6 Å². The van der Waals surface area contributed by atoms with E-state index < -0.39 is 0 Å². The molecule has 1 unspecified atom stereocenters. The van der Waals surface area contributed by atoms with E-state index in [0.717, 1.165) is 5.56 Å². The van der Waals surface area contributed by atoms with Gasteiger partial charge in [-0.3, -0.25) is 10.1 Å². The van der Waals surface area contributed by atoms with Crippen molar-refractivity contribution in [2.24, 2.45) is 5.41 Å². The Morgan fingerprint density at radius 2 is 2.06 bits per heavy atom. The second kappa shape index (κ2) is 5.27. The molecule has 0 amide bonds. The fourth-order valence-corrected chi connectivity index (χ4v) is 1.36. The van der Waals surface area contributed by atoms with Crippen LogP contribution in [-0.2, 0) is 6.54 Å². The van der Waals surface area contributed by atoms with E-state index in [1.54, 1.807) is 12.1 Å². The van der Waals surface area contributed by atoms with Gasteiger partial charge in [0.2, 0.25) is 0 Å². The first-order valence-electron chi connectivity index (χ1n) is 5.77. The number of nitrogens with zero attached hydrogens (tertiary/aromatic N) is 1. The van der Waals surface area contributed by atoms with Crippen LogP contribution in [-0.4, -0.2) is 11.0 Å². The minimum atomic E-state index is -0.364. The third-order valence-electron chi connectivity index (χ3n) is 3.03. The largest absolute Gasteiger partial charge is 0.310 e. The molecule has 0 aliphatic rings. The maximum atomic E-state index is 10.6. The van der Waals surface area contributed by atoms with Crippen molar-refractivity contribution in [3.8, 4) is 0 Å². The zero-order chi connectivity index (χ0) is 13.1. The highest BCUT2D eigenvalue weighted by molar-refractivity contribution is 5.34. The smallest absolute Gasteiger partial charge is 0.269 e. The van der Waals surface area contributed by atoms with Gasteiger partial charge in [0.1, 0.15) is 0 Å². The van der Waals surface area contributed by atoms with Crippen LogP contribution < -0.4 is 5.32 Å². The molecule has 17 heavy (non-hydrogen) atoms.